The number of carbonyl (C=O) groups is 1. The van der Waals surface area contributed by atoms with Crippen LogP contribution < -0.4 is 14.8 Å². The normalized spacial score (nSPS) is 11.4. The van der Waals surface area contributed by atoms with Crippen molar-refractivity contribution in [3.63, 3.8) is 0 Å². The second kappa shape index (κ2) is 10.9. The Kier molecular flexibility index (Phi) is 7.80. The van der Waals surface area contributed by atoms with Gasteiger partial charge in [-0.3, -0.25) is 14.9 Å². The van der Waals surface area contributed by atoms with Crippen molar-refractivity contribution in [1.82, 2.24) is 5.32 Å². The van der Waals surface area contributed by atoms with Crippen LogP contribution in [0.15, 0.2) is 72.8 Å². The first kappa shape index (κ1) is 22.8. The summed E-state index contributed by atoms with van der Waals surface area (Å²) in [6.07, 6.45) is 1.68. The van der Waals surface area contributed by atoms with E-state index in [1.54, 1.807) is 31.4 Å². The zero-order chi connectivity index (χ0) is 22.9. The van der Waals surface area contributed by atoms with Crippen LogP contribution in [-0.2, 0) is 11.2 Å². The summed E-state index contributed by atoms with van der Waals surface area (Å²) in [7, 11) is 1.57. The van der Waals surface area contributed by atoms with Crippen molar-refractivity contribution in [3.8, 4) is 22.6 Å². The molecule has 7 heteroatoms. The molecular formula is C25H26N2O5. The number of nitrogens with one attached hydrogen (secondary N) is 1. The topological polar surface area (TPSA) is 90.7 Å². The van der Waals surface area contributed by atoms with Crippen LogP contribution >= 0.6 is 0 Å². The lowest BCUT2D eigenvalue weighted by molar-refractivity contribution is -0.384. The molecule has 32 heavy (non-hydrogen) atoms. The van der Waals surface area contributed by atoms with Crippen molar-refractivity contribution in [2.24, 2.45) is 0 Å². The molecule has 3 aromatic rings. The molecule has 0 spiro atoms. The molecule has 166 valence electrons. The van der Waals surface area contributed by atoms with E-state index in [2.05, 4.69) is 17.4 Å². The Labute approximate surface area is 187 Å². The third kappa shape index (κ3) is 6.31. The number of ether oxygens (including phenoxy) is 2. The summed E-state index contributed by atoms with van der Waals surface area (Å²) in [6, 6.07) is 21.5. The Hall–Kier alpha value is -3.87. The molecule has 1 N–H and O–H groups in total. The van der Waals surface area contributed by atoms with Crippen molar-refractivity contribution in [2.75, 3.05) is 13.7 Å². The Morgan fingerprint density at radius 2 is 1.78 bits per heavy atom. The molecule has 0 aliphatic heterocycles. The summed E-state index contributed by atoms with van der Waals surface area (Å²) in [5, 5.41) is 14.2. The summed E-state index contributed by atoms with van der Waals surface area (Å²) in [4.78, 5) is 23.2. The van der Waals surface area contributed by atoms with Gasteiger partial charge in [-0.05, 0) is 49.1 Å². The van der Waals surface area contributed by atoms with Gasteiger partial charge in [0.05, 0.1) is 12.0 Å². The summed E-state index contributed by atoms with van der Waals surface area (Å²) in [6.45, 7) is 1.77. The van der Waals surface area contributed by atoms with Crippen LogP contribution in [0.3, 0.4) is 0 Å². The maximum Gasteiger partial charge on any atom is 0.270 e. The molecular weight excluding hydrogens is 408 g/mol. The summed E-state index contributed by atoms with van der Waals surface area (Å²) >= 11 is 0. The minimum atomic E-state index is -0.460. The number of carbonyl (C=O) groups excluding carboxylic acids is 1. The molecule has 1 atom stereocenters. The third-order valence-electron chi connectivity index (χ3n) is 5.05. The van der Waals surface area contributed by atoms with E-state index in [1.165, 1.54) is 23.8 Å². The molecule has 0 heterocycles. The molecule has 7 nitrogen and oxygen atoms in total. The molecule has 0 aromatic heterocycles. The van der Waals surface area contributed by atoms with Crippen molar-refractivity contribution >= 4 is 11.6 Å². The first-order valence-electron chi connectivity index (χ1n) is 10.3. The number of methoxy groups -OCH3 is 1. The van der Waals surface area contributed by atoms with Crippen LogP contribution in [0.25, 0.3) is 11.1 Å². The predicted octanol–water partition coefficient (Wildman–Crippen LogP) is 4.79. The average Bonchev–Trinajstić information content (AvgIpc) is 2.82. The molecule has 0 aliphatic carbocycles. The van der Waals surface area contributed by atoms with Crippen molar-refractivity contribution < 1.29 is 19.2 Å². The smallest absolute Gasteiger partial charge is 0.270 e. The molecule has 0 fully saturated rings. The second-order valence-corrected chi connectivity index (χ2v) is 7.45. The van der Waals surface area contributed by atoms with E-state index in [-0.39, 0.29) is 24.2 Å². The quantitative estimate of drug-likeness (QED) is 0.366. The Morgan fingerprint density at radius 3 is 2.44 bits per heavy atom. The lowest BCUT2D eigenvalue weighted by atomic mass is 10.0. The van der Waals surface area contributed by atoms with Crippen LogP contribution in [0.2, 0.25) is 0 Å². The number of nitrogens with zero attached hydrogens (tertiary/aromatic N) is 1. The molecule has 0 saturated heterocycles. The number of hydrogen-bond donors (Lipinski definition) is 1. The van der Waals surface area contributed by atoms with Gasteiger partial charge in [-0.1, -0.05) is 42.5 Å². The standard InChI is InChI=1S/C25H26N2O5/c1-18(8-9-19-6-4-3-5-7-19)26-25(28)17-32-24-15-12-21(27(29)30)16-23(24)20-10-13-22(31-2)14-11-20/h3-7,10-16,18H,8-9,17H2,1-2H3,(H,26,28). The van der Waals surface area contributed by atoms with E-state index >= 15 is 0 Å². The minimum absolute atomic E-state index is 0.00998. The zero-order valence-corrected chi connectivity index (χ0v) is 18.1. The number of nitro benzene ring substituents is 1. The monoisotopic (exact) mass is 434 g/mol. The minimum Gasteiger partial charge on any atom is -0.497 e. The molecule has 0 bridgehead atoms. The van der Waals surface area contributed by atoms with Gasteiger partial charge < -0.3 is 14.8 Å². The van der Waals surface area contributed by atoms with Crippen molar-refractivity contribution in [3.05, 3.63) is 88.5 Å². The number of hydrogen-bond acceptors (Lipinski definition) is 5. The van der Waals surface area contributed by atoms with E-state index in [0.717, 1.165) is 18.4 Å². The zero-order valence-electron chi connectivity index (χ0n) is 18.1. The first-order chi connectivity index (χ1) is 15.5. The Balaban J connectivity index is 1.64. The Morgan fingerprint density at radius 1 is 1.06 bits per heavy atom. The van der Waals surface area contributed by atoms with Gasteiger partial charge in [0, 0.05) is 23.7 Å². The van der Waals surface area contributed by atoms with Crippen molar-refractivity contribution in [2.45, 2.75) is 25.8 Å². The van der Waals surface area contributed by atoms with Crippen LogP contribution in [0.4, 0.5) is 5.69 Å². The van der Waals surface area contributed by atoms with Gasteiger partial charge in [-0.2, -0.15) is 0 Å². The number of rotatable bonds is 10. The molecule has 1 unspecified atom stereocenters. The third-order valence-corrected chi connectivity index (χ3v) is 5.05. The van der Waals surface area contributed by atoms with Crippen LogP contribution in [0, 0.1) is 10.1 Å². The van der Waals surface area contributed by atoms with Gasteiger partial charge in [0.1, 0.15) is 11.5 Å². The predicted molar refractivity (Wildman–Crippen MR) is 123 cm³/mol. The van der Waals surface area contributed by atoms with Gasteiger partial charge in [-0.15, -0.1) is 0 Å². The SMILES string of the molecule is COc1ccc(-c2cc([N+](=O)[O-])ccc2OCC(=O)NC(C)CCc2ccccc2)cc1. The molecule has 0 aliphatic rings. The molecule has 3 aromatic carbocycles. The van der Waals surface area contributed by atoms with E-state index < -0.39 is 4.92 Å². The lowest BCUT2D eigenvalue weighted by Crippen LogP contribution is -2.36. The van der Waals surface area contributed by atoms with Crippen LogP contribution in [0.1, 0.15) is 18.9 Å². The second-order valence-electron chi connectivity index (χ2n) is 7.45. The van der Waals surface area contributed by atoms with Crippen LogP contribution in [0.5, 0.6) is 11.5 Å². The molecule has 0 saturated carbocycles. The number of benzene rings is 3. The fourth-order valence-electron chi connectivity index (χ4n) is 3.31. The highest BCUT2D eigenvalue weighted by molar-refractivity contribution is 5.79. The van der Waals surface area contributed by atoms with E-state index in [0.29, 0.717) is 17.1 Å². The fraction of sp³-hybridized carbons (Fsp3) is 0.240. The first-order valence-corrected chi connectivity index (χ1v) is 10.3. The van der Waals surface area contributed by atoms with E-state index in [9.17, 15) is 14.9 Å². The lowest BCUT2D eigenvalue weighted by Gasteiger charge is -2.16. The number of non-ortho nitro benzene ring substituents is 1. The van der Waals surface area contributed by atoms with E-state index in [1.807, 2.05) is 25.1 Å². The van der Waals surface area contributed by atoms with Crippen LogP contribution in [-0.4, -0.2) is 30.6 Å². The van der Waals surface area contributed by atoms with Gasteiger partial charge in [0.25, 0.3) is 11.6 Å². The van der Waals surface area contributed by atoms with Gasteiger partial charge in [0.2, 0.25) is 0 Å². The van der Waals surface area contributed by atoms with E-state index in [4.69, 9.17) is 9.47 Å². The highest BCUT2D eigenvalue weighted by atomic mass is 16.6. The van der Waals surface area contributed by atoms with Crippen molar-refractivity contribution in [1.29, 1.82) is 0 Å². The molecule has 1 amide bonds. The molecule has 0 radical (unpaired) electrons. The summed E-state index contributed by atoms with van der Waals surface area (Å²) < 4.78 is 10.9. The van der Waals surface area contributed by atoms with Gasteiger partial charge in [-0.25, -0.2) is 0 Å². The largest absolute Gasteiger partial charge is 0.497 e. The highest BCUT2D eigenvalue weighted by Crippen LogP contribution is 2.34. The number of aryl methyl sites for hydroxylation is 1. The number of nitro groups is 1. The fourth-order valence-corrected chi connectivity index (χ4v) is 3.31. The average molecular weight is 434 g/mol. The summed E-state index contributed by atoms with van der Waals surface area (Å²) in [5.41, 5.74) is 2.43. The maximum atomic E-state index is 12.4. The Bertz CT molecular complexity index is 1050. The highest BCUT2D eigenvalue weighted by Gasteiger charge is 2.15. The maximum absolute atomic E-state index is 12.4. The van der Waals surface area contributed by atoms with Gasteiger partial charge >= 0.3 is 0 Å². The summed E-state index contributed by atoms with van der Waals surface area (Å²) in [5.74, 6) is 0.822. The number of amides is 1. The van der Waals surface area contributed by atoms with Gasteiger partial charge in [0.15, 0.2) is 6.61 Å². The molecule has 3 rings (SSSR count).